The van der Waals surface area contributed by atoms with E-state index in [4.69, 9.17) is 4.74 Å². The van der Waals surface area contributed by atoms with E-state index in [2.05, 4.69) is 17.6 Å². The fourth-order valence-electron chi connectivity index (χ4n) is 3.31. The van der Waals surface area contributed by atoms with Crippen molar-refractivity contribution >= 4 is 6.08 Å². The molecule has 3 nitrogen and oxygen atoms in total. The van der Waals surface area contributed by atoms with Crippen molar-refractivity contribution in [1.29, 1.82) is 0 Å². The maximum atomic E-state index is 11.2. The predicted octanol–water partition coefficient (Wildman–Crippen LogP) is 3.36. The van der Waals surface area contributed by atoms with E-state index in [1.807, 2.05) is 38.4 Å². The Morgan fingerprint density at radius 2 is 2.23 bits per heavy atom. The minimum Gasteiger partial charge on any atom is -0.497 e. The van der Waals surface area contributed by atoms with E-state index in [-0.39, 0.29) is 5.92 Å². The van der Waals surface area contributed by atoms with E-state index in [0.717, 1.165) is 42.7 Å². The molecule has 1 aromatic carbocycles. The summed E-state index contributed by atoms with van der Waals surface area (Å²) >= 11 is 0. The van der Waals surface area contributed by atoms with Gasteiger partial charge in [0.15, 0.2) is 0 Å². The van der Waals surface area contributed by atoms with Crippen molar-refractivity contribution in [2.45, 2.75) is 24.9 Å². The third-order valence-electron chi connectivity index (χ3n) is 4.47. The standard InChI is InChI=1S/C19H27NO2/c1-5-19(21)16(9-7-10-17(19)14-20(2)3)12-15-8-6-11-18(13-15)22-4/h5-6,8,11-13,17,21H,1,7,9-10,14H2,2-4H3. The van der Waals surface area contributed by atoms with Crippen LogP contribution in [-0.4, -0.2) is 43.4 Å². The second kappa shape index (κ2) is 7.12. The van der Waals surface area contributed by atoms with Crippen LogP contribution in [0, 0.1) is 5.92 Å². The molecule has 0 aliphatic heterocycles. The number of hydrogen-bond donors (Lipinski definition) is 1. The Balaban J connectivity index is 2.34. The van der Waals surface area contributed by atoms with Crippen molar-refractivity contribution in [3.8, 4) is 5.75 Å². The Kier molecular flexibility index (Phi) is 5.43. The molecule has 0 heterocycles. The quantitative estimate of drug-likeness (QED) is 0.847. The molecule has 0 spiro atoms. The maximum absolute atomic E-state index is 11.2. The molecule has 0 amide bonds. The Morgan fingerprint density at radius 3 is 2.86 bits per heavy atom. The minimum absolute atomic E-state index is 0.186. The van der Waals surface area contributed by atoms with Crippen molar-refractivity contribution in [2.75, 3.05) is 27.7 Å². The highest BCUT2D eigenvalue weighted by molar-refractivity contribution is 5.58. The van der Waals surface area contributed by atoms with Gasteiger partial charge in [0.2, 0.25) is 0 Å². The first kappa shape index (κ1) is 16.8. The highest BCUT2D eigenvalue weighted by Crippen LogP contribution is 2.40. The van der Waals surface area contributed by atoms with Gasteiger partial charge in [-0.15, -0.1) is 0 Å². The molecule has 0 radical (unpaired) electrons. The van der Waals surface area contributed by atoms with Gasteiger partial charge >= 0.3 is 0 Å². The lowest BCUT2D eigenvalue weighted by Crippen LogP contribution is -2.45. The van der Waals surface area contributed by atoms with Crippen LogP contribution in [0.1, 0.15) is 24.8 Å². The molecule has 2 unspecified atom stereocenters. The van der Waals surface area contributed by atoms with Gasteiger partial charge in [0.25, 0.3) is 0 Å². The van der Waals surface area contributed by atoms with E-state index in [9.17, 15) is 5.11 Å². The summed E-state index contributed by atoms with van der Waals surface area (Å²) in [6, 6.07) is 7.93. The van der Waals surface area contributed by atoms with Gasteiger partial charge in [0, 0.05) is 12.5 Å². The molecule has 0 saturated heterocycles. The third kappa shape index (κ3) is 3.60. The molecule has 0 bridgehead atoms. The van der Waals surface area contributed by atoms with E-state index in [1.54, 1.807) is 13.2 Å². The van der Waals surface area contributed by atoms with Crippen LogP contribution in [0.25, 0.3) is 6.08 Å². The number of nitrogens with zero attached hydrogens (tertiary/aromatic N) is 1. The fourth-order valence-corrected chi connectivity index (χ4v) is 3.31. The third-order valence-corrected chi connectivity index (χ3v) is 4.47. The van der Waals surface area contributed by atoms with Crippen LogP contribution in [0.3, 0.4) is 0 Å². The highest BCUT2D eigenvalue weighted by atomic mass is 16.5. The summed E-state index contributed by atoms with van der Waals surface area (Å²) < 4.78 is 5.28. The number of aliphatic hydroxyl groups is 1. The van der Waals surface area contributed by atoms with E-state index in [1.165, 1.54) is 0 Å². The lowest BCUT2D eigenvalue weighted by Gasteiger charge is -2.41. The van der Waals surface area contributed by atoms with Crippen molar-refractivity contribution < 1.29 is 9.84 Å². The summed E-state index contributed by atoms with van der Waals surface area (Å²) in [5.74, 6) is 1.02. The molecule has 1 aromatic rings. The van der Waals surface area contributed by atoms with Crippen LogP contribution >= 0.6 is 0 Å². The first-order chi connectivity index (χ1) is 10.5. The summed E-state index contributed by atoms with van der Waals surface area (Å²) in [5, 5.41) is 11.2. The normalized spacial score (nSPS) is 27.1. The average molecular weight is 301 g/mol. The Hall–Kier alpha value is -1.58. The van der Waals surface area contributed by atoms with Crippen molar-refractivity contribution in [3.05, 3.63) is 48.1 Å². The van der Waals surface area contributed by atoms with Gasteiger partial charge in [0.05, 0.1) is 7.11 Å². The molecule has 1 fully saturated rings. The number of benzene rings is 1. The van der Waals surface area contributed by atoms with Crippen LogP contribution < -0.4 is 4.74 Å². The van der Waals surface area contributed by atoms with Gasteiger partial charge in [-0.25, -0.2) is 0 Å². The zero-order valence-electron chi connectivity index (χ0n) is 13.9. The van der Waals surface area contributed by atoms with Crippen LogP contribution in [0.4, 0.5) is 0 Å². The Morgan fingerprint density at radius 1 is 1.45 bits per heavy atom. The molecule has 22 heavy (non-hydrogen) atoms. The molecule has 2 atom stereocenters. The summed E-state index contributed by atoms with van der Waals surface area (Å²) in [6.07, 6.45) is 6.84. The van der Waals surface area contributed by atoms with Gasteiger partial charge in [-0.2, -0.15) is 0 Å². The van der Waals surface area contributed by atoms with E-state index < -0.39 is 5.60 Å². The lowest BCUT2D eigenvalue weighted by atomic mass is 9.71. The Labute approximate surface area is 133 Å². The second-order valence-electron chi connectivity index (χ2n) is 6.33. The second-order valence-corrected chi connectivity index (χ2v) is 6.33. The molecule has 120 valence electrons. The van der Waals surface area contributed by atoms with Crippen LogP contribution in [0.15, 0.2) is 42.5 Å². The molecule has 3 heteroatoms. The predicted molar refractivity (Wildman–Crippen MR) is 92.0 cm³/mol. The Bertz CT molecular complexity index is 550. The summed E-state index contributed by atoms with van der Waals surface area (Å²) in [7, 11) is 5.76. The summed E-state index contributed by atoms with van der Waals surface area (Å²) in [4.78, 5) is 2.13. The summed E-state index contributed by atoms with van der Waals surface area (Å²) in [6.45, 7) is 4.76. The van der Waals surface area contributed by atoms with E-state index >= 15 is 0 Å². The summed E-state index contributed by atoms with van der Waals surface area (Å²) in [5.41, 5.74) is 1.18. The zero-order chi connectivity index (χ0) is 16.2. The molecular weight excluding hydrogens is 274 g/mol. The smallest absolute Gasteiger partial charge is 0.119 e. The lowest BCUT2D eigenvalue weighted by molar-refractivity contribution is 0.0292. The van der Waals surface area contributed by atoms with Gasteiger partial charge in [-0.3, -0.25) is 0 Å². The topological polar surface area (TPSA) is 32.7 Å². The minimum atomic E-state index is -0.925. The van der Waals surface area contributed by atoms with Gasteiger partial charge < -0.3 is 14.7 Å². The van der Waals surface area contributed by atoms with Gasteiger partial charge in [0.1, 0.15) is 11.4 Å². The van der Waals surface area contributed by atoms with Crippen LogP contribution in [0.5, 0.6) is 5.75 Å². The van der Waals surface area contributed by atoms with E-state index in [0.29, 0.717) is 0 Å². The molecule has 1 aliphatic rings. The zero-order valence-corrected chi connectivity index (χ0v) is 13.9. The largest absolute Gasteiger partial charge is 0.497 e. The molecular formula is C19H27NO2. The highest BCUT2D eigenvalue weighted by Gasteiger charge is 2.40. The monoisotopic (exact) mass is 301 g/mol. The first-order valence-electron chi connectivity index (χ1n) is 7.85. The maximum Gasteiger partial charge on any atom is 0.119 e. The molecule has 1 aliphatic carbocycles. The molecule has 0 aromatic heterocycles. The first-order valence-corrected chi connectivity index (χ1v) is 7.85. The molecule has 1 saturated carbocycles. The number of hydrogen-bond acceptors (Lipinski definition) is 3. The molecule has 2 rings (SSSR count). The average Bonchev–Trinajstić information content (AvgIpc) is 2.51. The van der Waals surface area contributed by atoms with Crippen molar-refractivity contribution in [2.24, 2.45) is 5.92 Å². The molecule has 1 N–H and O–H groups in total. The van der Waals surface area contributed by atoms with Gasteiger partial charge in [-0.1, -0.05) is 30.9 Å². The van der Waals surface area contributed by atoms with Crippen LogP contribution in [-0.2, 0) is 0 Å². The fraction of sp³-hybridized carbons (Fsp3) is 0.474. The number of methoxy groups -OCH3 is 1. The number of rotatable bonds is 5. The van der Waals surface area contributed by atoms with Crippen molar-refractivity contribution in [3.63, 3.8) is 0 Å². The SMILES string of the molecule is C=CC1(O)C(=Cc2cccc(OC)c2)CCCC1CN(C)C. The van der Waals surface area contributed by atoms with Crippen molar-refractivity contribution in [1.82, 2.24) is 4.90 Å². The van der Waals surface area contributed by atoms with Gasteiger partial charge in [-0.05, 0) is 56.6 Å². The van der Waals surface area contributed by atoms with Crippen LogP contribution in [0.2, 0.25) is 0 Å². The number of ether oxygens (including phenoxy) is 1.